The second-order valence-corrected chi connectivity index (χ2v) is 6.99. The van der Waals surface area contributed by atoms with Crippen LogP contribution in [0.4, 0.5) is 0 Å². The molecule has 0 saturated heterocycles. The van der Waals surface area contributed by atoms with E-state index >= 15 is 0 Å². The number of carboxylic acid groups (broad SMARTS) is 1. The fraction of sp³-hybridized carbons (Fsp3) is 0.529. The van der Waals surface area contributed by atoms with E-state index < -0.39 is 12.0 Å². The summed E-state index contributed by atoms with van der Waals surface area (Å²) in [6.07, 6.45) is 3.33. The molecule has 0 aliphatic carbocycles. The zero-order chi connectivity index (χ0) is 16.3. The van der Waals surface area contributed by atoms with Crippen molar-refractivity contribution in [3.8, 4) is 0 Å². The topological polar surface area (TPSA) is 67.2 Å². The average molecular weight is 303 g/mol. The lowest BCUT2D eigenvalue weighted by molar-refractivity contribution is -0.139. The van der Waals surface area contributed by atoms with E-state index in [1.807, 2.05) is 36.1 Å². The van der Waals surface area contributed by atoms with Gasteiger partial charge in [-0.2, -0.15) is 5.10 Å². The van der Waals surface area contributed by atoms with Gasteiger partial charge in [-0.05, 0) is 29.9 Å². The van der Waals surface area contributed by atoms with Gasteiger partial charge in [0.1, 0.15) is 6.04 Å². The van der Waals surface area contributed by atoms with Crippen molar-refractivity contribution in [2.24, 2.45) is 12.5 Å². The third-order valence-electron chi connectivity index (χ3n) is 3.90. The SMILES string of the molecule is Cn1ncc2c(CNC(CCC(C)(C)C)C(=O)O)cccc21. The first-order valence-corrected chi connectivity index (χ1v) is 7.64. The van der Waals surface area contributed by atoms with Crippen LogP contribution in [0.15, 0.2) is 24.4 Å². The fourth-order valence-electron chi connectivity index (χ4n) is 2.51. The van der Waals surface area contributed by atoms with Crippen molar-refractivity contribution < 1.29 is 9.90 Å². The first kappa shape index (κ1) is 16.5. The Labute approximate surface area is 131 Å². The molecule has 1 unspecified atom stereocenters. The highest BCUT2D eigenvalue weighted by Gasteiger charge is 2.20. The Balaban J connectivity index is 2.06. The minimum absolute atomic E-state index is 0.138. The van der Waals surface area contributed by atoms with Crippen LogP contribution in [0.25, 0.3) is 10.9 Å². The van der Waals surface area contributed by atoms with Crippen molar-refractivity contribution >= 4 is 16.9 Å². The maximum atomic E-state index is 11.4. The van der Waals surface area contributed by atoms with Crippen molar-refractivity contribution in [2.45, 2.75) is 46.2 Å². The summed E-state index contributed by atoms with van der Waals surface area (Å²) >= 11 is 0. The summed E-state index contributed by atoms with van der Waals surface area (Å²) in [6.45, 7) is 6.91. The molecule has 2 aromatic rings. The van der Waals surface area contributed by atoms with Crippen LogP contribution in [0.3, 0.4) is 0 Å². The van der Waals surface area contributed by atoms with Gasteiger partial charge in [-0.1, -0.05) is 32.9 Å². The van der Waals surface area contributed by atoms with Crippen molar-refractivity contribution in [2.75, 3.05) is 0 Å². The molecule has 5 heteroatoms. The van der Waals surface area contributed by atoms with Gasteiger partial charge in [-0.3, -0.25) is 9.48 Å². The van der Waals surface area contributed by atoms with Crippen molar-refractivity contribution in [3.63, 3.8) is 0 Å². The summed E-state index contributed by atoms with van der Waals surface area (Å²) in [7, 11) is 1.91. The number of carboxylic acids is 1. The molecule has 1 aromatic carbocycles. The van der Waals surface area contributed by atoms with E-state index in [1.165, 1.54) is 0 Å². The molecule has 0 bridgehead atoms. The van der Waals surface area contributed by atoms with E-state index in [9.17, 15) is 9.90 Å². The summed E-state index contributed by atoms with van der Waals surface area (Å²) in [5, 5.41) is 17.9. The molecule has 0 amide bonds. The van der Waals surface area contributed by atoms with Crippen LogP contribution in [0, 0.1) is 5.41 Å². The third-order valence-corrected chi connectivity index (χ3v) is 3.90. The Morgan fingerprint density at radius 2 is 2.14 bits per heavy atom. The summed E-state index contributed by atoms with van der Waals surface area (Å²) < 4.78 is 1.83. The van der Waals surface area contributed by atoms with Crippen LogP contribution in [0.2, 0.25) is 0 Å². The molecule has 2 rings (SSSR count). The molecule has 120 valence electrons. The van der Waals surface area contributed by atoms with Crippen LogP contribution < -0.4 is 5.32 Å². The lowest BCUT2D eigenvalue weighted by Gasteiger charge is -2.21. The highest BCUT2D eigenvalue weighted by atomic mass is 16.4. The minimum atomic E-state index is -0.789. The predicted octanol–water partition coefficient (Wildman–Crippen LogP) is 2.94. The number of rotatable bonds is 6. The number of carbonyl (C=O) groups is 1. The minimum Gasteiger partial charge on any atom is -0.480 e. The molecule has 22 heavy (non-hydrogen) atoms. The molecular weight excluding hydrogens is 278 g/mol. The number of hydrogen-bond donors (Lipinski definition) is 2. The van der Waals surface area contributed by atoms with E-state index in [0.29, 0.717) is 13.0 Å². The van der Waals surface area contributed by atoms with E-state index in [1.54, 1.807) is 0 Å². The van der Waals surface area contributed by atoms with Gasteiger partial charge in [0.25, 0.3) is 0 Å². The molecule has 0 saturated carbocycles. The van der Waals surface area contributed by atoms with Crippen LogP contribution in [0.5, 0.6) is 0 Å². The van der Waals surface area contributed by atoms with E-state index in [2.05, 4.69) is 31.2 Å². The summed E-state index contributed by atoms with van der Waals surface area (Å²) in [6, 6.07) is 5.48. The largest absolute Gasteiger partial charge is 0.480 e. The number of aliphatic carboxylic acids is 1. The first-order chi connectivity index (χ1) is 10.3. The maximum Gasteiger partial charge on any atom is 0.320 e. The second kappa shape index (κ2) is 6.48. The van der Waals surface area contributed by atoms with Crippen molar-refractivity contribution in [1.29, 1.82) is 0 Å². The standard InChI is InChI=1S/C17H25N3O2/c1-17(2,3)9-8-14(16(21)22)18-10-12-6-5-7-15-13(12)11-19-20(15)4/h5-7,11,14,18H,8-10H2,1-4H3,(H,21,22). The maximum absolute atomic E-state index is 11.4. The molecule has 0 fully saturated rings. The lowest BCUT2D eigenvalue weighted by atomic mass is 9.88. The Morgan fingerprint density at radius 1 is 1.41 bits per heavy atom. The normalized spacial score (nSPS) is 13.5. The van der Waals surface area contributed by atoms with Crippen LogP contribution in [-0.4, -0.2) is 26.9 Å². The van der Waals surface area contributed by atoms with Gasteiger partial charge in [-0.15, -0.1) is 0 Å². The van der Waals surface area contributed by atoms with Gasteiger partial charge in [0.2, 0.25) is 0 Å². The van der Waals surface area contributed by atoms with Gasteiger partial charge >= 0.3 is 5.97 Å². The highest BCUT2D eigenvalue weighted by molar-refractivity contribution is 5.82. The molecule has 1 heterocycles. The smallest absolute Gasteiger partial charge is 0.320 e. The van der Waals surface area contributed by atoms with E-state index in [0.717, 1.165) is 22.9 Å². The molecule has 2 N–H and O–H groups in total. The van der Waals surface area contributed by atoms with E-state index in [-0.39, 0.29) is 5.41 Å². The van der Waals surface area contributed by atoms with Gasteiger partial charge < -0.3 is 10.4 Å². The second-order valence-electron chi connectivity index (χ2n) is 6.99. The molecule has 0 spiro atoms. The van der Waals surface area contributed by atoms with Crippen molar-refractivity contribution in [3.05, 3.63) is 30.0 Å². The first-order valence-electron chi connectivity index (χ1n) is 7.64. The Kier molecular flexibility index (Phi) is 4.86. The summed E-state index contributed by atoms with van der Waals surface area (Å²) in [5.74, 6) is -0.789. The van der Waals surface area contributed by atoms with Crippen molar-refractivity contribution in [1.82, 2.24) is 15.1 Å². The van der Waals surface area contributed by atoms with Gasteiger partial charge in [0, 0.05) is 19.0 Å². The highest BCUT2D eigenvalue weighted by Crippen LogP contribution is 2.22. The van der Waals surface area contributed by atoms with Crippen LogP contribution in [-0.2, 0) is 18.4 Å². The Bertz CT molecular complexity index is 655. The monoisotopic (exact) mass is 303 g/mol. The quantitative estimate of drug-likeness (QED) is 0.861. The number of aryl methyl sites for hydroxylation is 1. The third kappa shape index (κ3) is 4.07. The number of hydrogen-bond acceptors (Lipinski definition) is 3. The summed E-state index contributed by atoms with van der Waals surface area (Å²) in [4.78, 5) is 11.4. The number of fused-ring (bicyclic) bond motifs is 1. The zero-order valence-corrected chi connectivity index (χ0v) is 13.8. The van der Waals surface area contributed by atoms with Crippen LogP contribution in [0.1, 0.15) is 39.2 Å². The molecular formula is C17H25N3O2. The van der Waals surface area contributed by atoms with Gasteiger partial charge in [-0.25, -0.2) is 0 Å². The van der Waals surface area contributed by atoms with E-state index in [4.69, 9.17) is 0 Å². The fourth-order valence-corrected chi connectivity index (χ4v) is 2.51. The summed E-state index contributed by atoms with van der Waals surface area (Å²) in [5.41, 5.74) is 2.27. The van der Waals surface area contributed by atoms with Gasteiger partial charge in [0.15, 0.2) is 0 Å². The number of benzene rings is 1. The van der Waals surface area contributed by atoms with Crippen LogP contribution >= 0.6 is 0 Å². The average Bonchev–Trinajstić information content (AvgIpc) is 2.80. The molecule has 0 aliphatic rings. The number of nitrogens with one attached hydrogen (secondary N) is 1. The predicted molar refractivity (Wildman–Crippen MR) is 87.7 cm³/mol. The number of aromatic nitrogens is 2. The molecule has 0 aliphatic heterocycles. The molecule has 1 aromatic heterocycles. The van der Waals surface area contributed by atoms with Gasteiger partial charge in [0.05, 0.1) is 11.7 Å². The molecule has 1 atom stereocenters. The molecule has 0 radical (unpaired) electrons. The number of nitrogens with zero attached hydrogens (tertiary/aromatic N) is 2. The Morgan fingerprint density at radius 3 is 2.77 bits per heavy atom. The molecule has 5 nitrogen and oxygen atoms in total. The Hall–Kier alpha value is -1.88. The zero-order valence-electron chi connectivity index (χ0n) is 13.8. The lowest BCUT2D eigenvalue weighted by Crippen LogP contribution is -2.37.